The summed E-state index contributed by atoms with van der Waals surface area (Å²) in [5.74, 6) is 0.747. The van der Waals surface area contributed by atoms with Crippen molar-refractivity contribution in [3.63, 3.8) is 0 Å². The summed E-state index contributed by atoms with van der Waals surface area (Å²) in [7, 11) is 1.64. The number of H-pyrrole nitrogens is 1. The zero-order valence-electron chi connectivity index (χ0n) is 16.8. The summed E-state index contributed by atoms with van der Waals surface area (Å²) in [4.78, 5) is 44.2. The van der Waals surface area contributed by atoms with Crippen LogP contribution in [0.5, 0.6) is 5.75 Å². The first-order valence-corrected chi connectivity index (χ1v) is 9.95. The van der Waals surface area contributed by atoms with Gasteiger partial charge in [-0.25, -0.2) is 4.79 Å². The summed E-state index contributed by atoms with van der Waals surface area (Å²) in [6.07, 6.45) is 0.112. The molecule has 3 aromatic rings. The Morgan fingerprint density at radius 2 is 1.80 bits per heavy atom. The Balaban J connectivity index is 1.38. The van der Waals surface area contributed by atoms with Crippen LogP contribution in [0, 0.1) is 0 Å². The summed E-state index contributed by atoms with van der Waals surface area (Å²) in [6.45, 7) is 2.69. The minimum absolute atomic E-state index is 0.0558. The topological polar surface area (TPSA) is 87.6 Å². The smallest absolute Gasteiger partial charge is 0.328 e. The van der Waals surface area contributed by atoms with Gasteiger partial charge >= 0.3 is 5.69 Å². The van der Waals surface area contributed by atoms with Crippen LogP contribution in [0.15, 0.2) is 58.1 Å². The molecule has 1 aliphatic heterocycles. The third kappa shape index (κ3) is 3.94. The van der Waals surface area contributed by atoms with Crippen LogP contribution in [0.4, 0.5) is 5.69 Å². The molecular formula is C22H24N4O4. The molecule has 0 spiro atoms. The molecule has 0 radical (unpaired) electrons. The van der Waals surface area contributed by atoms with Crippen LogP contribution < -0.4 is 20.9 Å². The lowest BCUT2D eigenvalue weighted by Crippen LogP contribution is -2.49. The molecule has 4 rings (SSSR count). The predicted octanol–water partition coefficient (Wildman–Crippen LogP) is 1.44. The fraction of sp³-hybridized carbons (Fsp3) is 0.318. The number of para-hydroxylation sites is 1. The maximum absolute atomic E-state index is 12.7. The van der Waals surface area contributed by atoms with Crippen LogP contribution in [0.25, 0.3) is 10.9 Å². The van der Waals surface area contributed by atoms with E-state index >= 15 is 0 Å². The molecule has 2 aromatic carbocycles. The number of ether oxygens (including phenoxy) is 1. The second kappa shape index (κ2) is 8.44. The van der Waals surface area contributed by atoms with Crippen molar-refractivity contribution in [3.8, 4) is 5.75 Å². The number of nitrogens with one attached hydrogen (secondary N) is 1. The number of hydrogen-bond donors (Lipinski definition) is 1. The minimum Gasteiger partial charge on any atom is -0.497 e. The lowest BCUT2D eigenvalue weighted by molar-refractivity contribution is -0.131. The molecule has 0 unspecified atom stereocenters. The van der Waals surface area contributed by atoms with Crippen LogP contribution in [0.2, 0.25) is 0 Å². The molecule has 0 atom stereocenters. The van der Waals surface area contributed by atoms with E-state index in [9.17, 15) is 14.4 Å². The second-order valence-corrected chi connectivity index (χ2v) is 7.25. The summed E-state index contributed by atoms with van der Waals surface area (Å²) >= 11 is 0. The molecule has 156 valence electrons. The average molecular weight is 408 g/mol. The van der Waals surface area contributed by atoms with Crippen molar-refractivity contribution in [2.45, 2.75) is 13.0 Å². The van der Waals surface area contributed by atoms with Gasteiger partial charge in [0.15, 0.2) is 0 Å². The number of nitrogens with zero attached hydrogens (tertiary/aromatic N) is 3. The third-order valence-corrected chi connectivity index (χ3v) is 5.49. The Hall–Kier alpha value is -3.55. The number of rotatable bonds is 5. The number of aromatic nitrogens is 2. The Bertz CT molecular complexity index is 1180. The van der Waals surface area contributed by atoms with Crippen LogP contribution in [-0.4, -0.2) is 53.6 Å². The van der Waals surface area contributed by atoms with Gasteiger partial charge in [-0.15, -0.1) is 0 Å². The van der Waals surface area contributed by atoms with Crippen molar-refractivity contribution < 1.29 is 9.53 Å². The molecule has 0 aliphatic carbocycles. The van der Waals surface area contributed by atoms with Crippen molar-refractivity contribution in [1.82, 2.24) is 14.5 Å². The van der Waals surface area contributed by atoms with E-state index in [1.54, 1.807) is 36.3 Å². The highest BCUT2D eigenvalue weighted by atomic mass is 16.5. The molecule has 1 N–H and O–H groups in total. The number of piperazine rings is 1. The predicted molar refractivity (Wildman–Crippen MR) is 115 cm³/mol. The fourth-order valence-corrected chi connectivity index (χ4v) is 3.79. The van der Waals surface area contributed by atoms with Gasteiger partial charge in [0, 0.05) is 50.9 Å². The van der Waals surface area contributed by atoms with E-state index in [0.717, 1.165) is 29.1 Å². The largest absolute Gasteiger partial charge is 0.497 e. The zero-order valence-corrected chi connectivity index (χ0v) is 16.8. The molecule has 30 heavy (non-hydrogen) atoms. The van der Waals surface area contributed by atoms with Crippen molar-refractivity contribution in [2.24, 2.45) is 0 Å². The van der Waals surface area contributed by atoms with Gasteiger partial charge < -0.3 is 19.5 Å². The van der Waals surface area contributed by atoms with Gasteiger partial charge in [0.05, 0.1) is 18.0 Å². The number of amides is 1. The number of anilines is 1. The van der Waals surface area contributed by atoms with Crippen LogP contribution >= 0.6 is 0 Å². The van der Waals surface area contributed by atoms with Crippen LogP contribution in [-0.2, 0) is 11.3 Å². The maximum atomic E-state index is 12.7. The third-order valence-electron chi connectivity index (χ3n) is 5.49. The lowest BCUT2D eigenvalue weighted by Gasteiger charge is -2.36. The highest BCUT2D eigenvalue weighted by Crippen LogP contribution is 2.22. The number of benzene rings is 2. The number of methoxy groups -OCH3 is 1. The van der Waals surface area contributed by atoms with E-state index in [0.29, 0.717) is 24.0 Å². The van der Waals surface area contributed by atoms with E-state index in [1.165, 1.54) is 0 Å². The molecule has 1 aromatic heterocycles. The molecular weight excluding hydrogens is 384 g/mol. The molecule has 0 saturated carbocycles. The number of carbonyl (C=O) groups excluding carboxylic acids is 1. The number of aromatic amines is 1. The van der Waals surface area contributed by atoms with Gasteiger partial charge in [-0.2, -0.15) is 0 Å². The van der Waals surface area contributed by atoms with Crippen molar-refractivity contribution >= 4 is 22.5 Å². The van der Waals surface area contributed by atoms with E-state index < -0.39 is 5.69 Å². The molecule has 1 saturated heterocycles. The monoisotopic (exact) mass is 408 g/mol. The zero-order chi connectivity index (χ0) is 21.1. The lowest BCUT2D eigenvalue weighted by atomic mass is 10.2. The Labute approximate surface area is 173 Å². The highest BCUT2D eigenvalue weighted by Gasteiger charge is 2.22. The Morgan fingerprint density at radius 3 is 2.57 bits per heavy atom. The fourth-order valence-electron chi connectivity index (χ4n) is 3.79. The normalized spacial score (nSPS) is 14.2. The molecule has 8 heteroatoms. The summed E-state index contributed by atoms with van der Waals surface area (Å²) < 4.78 is 6.38. The molecule has 1 amide bonds. The molecule has 0 bridgehead atoms. The van der Waals surface area contributed by atoms with Gasteiger partial charge in [-0.1, -0.05) is 18.2 Å². The van der Waals surface area contributed by atoms with Gasteiger partial charge in [-0.3, -0.25) is 14.2 Å². The SMILES string of the molecule is COc1cccc(N2CCN(C(=O)CCn3c(=O)[nH]c4ccccc4c3=O)CC2)c1. The Morgan fingerprint density at radius 1 is 1.03 bits per heavy atom. The highest BCUT2D eigenvalue weighted by molar-refractivity contribution is 5.78. The first-order valence-electron chi connectivity index (χ1n) is 9.95. The summed E-state index contributed by atoms with van der Waals surface area (Å²) in [5.41, 5.74) is 0.707. The standard InChI is InChI=1S/C22H24N4O4/c1-30-17-6-4-5-16(15-17)24-11-13-25(14-12-24)20(27)9-10-26-21(28)18-7-2-3-8-19(18)23-22(26)29/h2-8,15H,9-14H2,1H3,(H,23,29). The summed E-state index contributed by atoms with van der Waals surface area (Å²) in [6, 6.07) is 14.7. The quantitative estimate of drug-likeness (QED) is 0.690. The maximum Gasteiger partial charge on any atom is 0.328 e. The van der Waals surface area contributed by atoms with E-state index in [4.69, 9.17) is 4.74 Å². The van der Waals surface area contributed by atoms with Gasteiger partial charge in [-0.05, 0) is 24.3 Å². The second-order valence-electron chi connectivity index (χ2n) is 7.25. The average Bonchev–Trinajstić information content (AvgIpc) is 2.79. The van der Waals surface area contributed by atoms with Crippen LogP contribution in [0.1, 0.15) is 6.42 Å². The molecule has 1 aliphatic rings. The van der Waals surface area contributed by atoms with Gasteiger partial charge in [0.1, 0.15) is 5.75 Å². The van der Waals surface area contributed by atoms with Crippen LogP contribution in [0.3, 0.4) is 0 Å². The number of fused-ring (bicyclic) bond motifs is 1. The van der Waals surface area contributed by atoms with E-state index in [2.05, 4.69) is 9.88 Å². The minimum atomic E-state index is -0.491. The Kier molecular flexibility index (Phi) is 5.56. The summed E-state index contributed by atoms with van der Waals surface area (Å²) in [5, 5.41) is 0.441. The van der Waals surface area contributed by atoms with E-state index in [1.807, 2.05) is 24.3 Å². The van der Waals surface area contributed by atoms with Crippen molar-refractivity contribution in [2.75, 3.05) is 38.2 Å². The molecule has 8 nitrogen and oxygen atoms in total. The number of carbonyl (C=O) groups is 1. The van der Waals surface area contributed by atoms with Gasteiger partial charge in [0.25, 0.3) is 5.56 Å². The first-order chi connectivity index (χ1) is 14.6. The first kappa shape index (κ1) is 19.8. The van der Waals surface area contributed by atoms with Crippen molar-refractivity contribution in [3.05, 3.63) is 69.4 Å². The number of hydrogen-bond acceptors (Lipinski definition) is 5. The molecule has 2 heterocycles. The van der Waals surface area contributed by atoms with E-state index in [-0.39, 0.29) is 24.4 Å². The van der Waals surface area contributed by atoms with Gasteiger partial charge in [0.2, 0.25) is 5.91 Å². The molecule has 1 fully saturated rings. The van der Waals surface area contributed by atoms with Crippen molar-refractivity contribution in [1.29, 1.82) is 0 Å².